The summed E-state index contributed by atoms with van der Waals surface area (Å²) >= 11 is 3.48. The summed E-state index contributed by atoms with van der Waals surface area (Å²) in [6, 6.07) is -0.346. The van der Waals surface area contributed by atoms with E-state index < -0.39 is 0 Å². The average molecular weight is 301 g/mol. The van der Waals surface area contributed by atoms with Gasteiger partial charge in [0.1, 0.15) is 6.54 Å². The molecular weight excluding hydrogens is 288 g/mol. The molecule has 92 valence electrons. The summed E-state index contributed by atoms with van der Waals surface area (Å²) in [5.41, 5.74) is 1.85. The zero-order valence-corrected chi connectivity index (χ0v) is 11.2. The summed E-state index contributed by atoms with van der Waals surface area (Å²) in [5.74, 6) is -0.260. The molecule has 6 nitrogen and oxygen atoms in total. The second kappa shape index (κ2) is 4.48. The fourth-order valence-corrected chi connectivity index (χ4v) is 2.52. The average Bonchev–Trinajstić information content (AvgIpc) is 2.72. The van der Waals surface area contributed by atoms with Gasteiger partial charge in [-0.05, 0) is 22.4 Å². The molecule has 0 atom stereocenters. The van der Waals surface area contributed by atoms with Crippen LogP contribution in [0.25, 0.3) is 0 Å². The van der Waals surface area contributed by atoms with Crippen LogP contribution in [0.3, 0.4) is 0 Å². The van der Waals surface area contributed by atoms with Gasteiger partial charge in [-0.3, -0.25) is 14.8 Å². The Bertz CT molecular complexity index is 483. The topological polar surface area (TPSA) is 67.2 Å². The predicted octanol–water partition coefficient (Wildman–Crippen LogP) is 0.797. The molecule has 1 aliphatic heterocycles. The molecule has 1 aromatic rings. The van der Waals surface area contributed by atoms with E-state index in [4.69, 9.17) is 0 Å². The van der Waals surface area contributed by atoms with E-state index in [-0.39, 0.29) is 18.5 Å². The second-order valence-corrected chi connectivity index (χ2v) is 4.69. The number of urea groups is 1. The van der Waals surface area contributed by atoms with Gasteiger partial charge >= 0.3 is 6.03 Å². The number of nitrogens with zero attached hydrogens (tertiary/aromatic N) is 3. The maximum Gasteiger partial charge on any atom is 0.324 e. The minimum absolute atomic E-state index is 0.109. The molecule has 1 fully saturated rings. The van der Waals surface area contributed by atoms with E-state index in [0.717, 1.165) is 22.3 Å². The van der Waals surface area contributed by atoms with E-state index in [9.17, 15) is 9.59 Å². The Kier molecular flexibility index (Phi) is 3.19. The summed E-state index contributed by atoms with van der Waals surface area (Å²) < 4.78 is 2.65. The molecule has 0 bridgehead atoms. The van der Waals surface area contributed by atoms with Gasteiger partial charge in [0.25, 0.3) is 0 Å². The molecule has 1 aliphatic rings. The molecule has 3 amide bonds. The lowest BCUT2D eigenvalue weighted by atomic mass is 10.3. The highest BCUT2D eigenvalue weighted by Gasteiger charge is 2.28. The standard InChI is InChI=1S/C10H13BrN4O2/c1-3-6-9(11)7(14(2)13-6)4-15-5-8(16)12-10(15)17/h3-5H2,1-2H3,(H,12,16,17). The number of carbonyl (C=O) groups is 2. The number of halogens is 1. The Labute approximate surface area is 107 Å². The number of aryl methyl sites for hydroxylation is 2. The molecule has 0 saturated carbocycles. The molecule has 0 aromatic carbocycles. The Morgan fingerprint density at radius 1 is 1.47 bits per heavy atom. The summed E-state index contributed by atoms with van der Waals surface area (Å²) in [4.78, 5) is 24.0. The number of amides is 3. The van der Waals surface area contributed by atoms with E-state index in [1.165, 1.54) is 4.90 Å². The highest BCUT2D eigenvalue weighted by molar-refractivity contribution is 9.10. The number of hydrogen-bond acceptors (Lipinski definition) is 3. The van der Waals surface area contributed by atoms with Crippen molar-refractivity contribution in [2.45, 2.75) is 19.9 Å². The quantitative estimate of drug-likeness (QED) is 0.840. The van der Waals surface area contributed by atoms with Gasteiger partial charge in [-0.25, -0.2) is 4.79 Å². The molecule has 1 aromatic heterocycles. The Morgan fingerprint density at radius 3 is 2.65 bits per heavy atom. The molecule has 1 N–H and O–H groups in total. The number of hydrogen-bond donors (Lipinski definition) is 1. The summed E-state index contributed by atoms with van der Waals surface area (Å²) in [5, 5.41) is 6.59. The molecular formula is C10H13BrN4O2. The maximum atomic E-state index is 11.4. The number of imide groups is 1. The van der Waals surface area contributed by atoms with Gasteiger partial charge in [0, 0.05) is 7.05 Å². The third-order valence-electron chi connectivity index (χ3n) is 2.71. The Balaban J connectivity index is 2.21. The van der Waals surface area contributed by atoms with Gasteiger partial charge in [0.05, 0.1) is 22.4 Å². The third-order valence-corrected chi connectivity index (χ3v) is 3.63. The van der Waals surface area contributed by atoms with Crippen molar-refractivity contribution in [3.63, 3.8) is 0 Å². The third kappa shape index (κ3) is 2.19. The number of carbonyl (C=O) groups excluding carboxylic acids is 2. The van der Waals surface area contributed by atoms with Gasteiger partial charge in [0.2, 0.25) is 5.91 Å². The SMILES string of the molecule is CCc1nn(C)c(CN2CC(=O)NC2=O)c1Br. The van der Waals surface area contributed by atoms with Crippen LogP contribution < -0.4 is 5.32 Å². The summed E-state index contributed by atoms with van der Waals surface area (Å²) in [7, 11) is 1.83. The number of rotatable bonds is 3. The summed E-state index contributed by atoms with van der Waals surface area (Å²) in [6.45, 7) is 2.50. The van der Waals surface area contributed by atoms with Crippen molar-refractivity contribution in [2.75, 3.05) is 6.54 Å². The first-order valence-corrected chi connectivity index (χ1v) is 6.11. The maximum absolute atomic E-state index is 11.4. The molecule has 1 saturated heterocycles. The van der Waals surface area contributed by atoms with E-state index in [0.29, 0.717) is 6.54 Å². The van der Waals surface area contributed by atoms with E-state index >= 15 is 0 Å². The smallest absolute Gasteiger partial charge is 0.309 e. The van der Waals surface area contributed by atoms with E-state index in [2.05, 4.69) is 26.3 Å². The lowest BCUT2D eigenvalue weighted by molar-refractivity contribution is -0.118. The Hall–Kier alpha value is -1.37. The van der Waals surface area contributed by atoms with Crippen molar-refractivity contribution in [1.29, 1.82) is 0 Å². The lowest BCUT2D eigenvalue weighted by Crippen LogP contribution is -2.28. The van der Waals surface area contributed by atoms with Crippen LogP contribution in [-0.2, 0) is 24.8 Å². The van der Waals surface area contributed by atoms with Gasteiger partial charge in [0.15, 0.2) is 0 Å². The normalized spacial score (nSPS) is 15.6. The van der Waals surface area contributed by atoms with Crippen LogP contribution >= 0.6 is 15.9 Å². The zero-order valence-electron chi connectivity index (χ0n) is 9.66. The largest absolute Gasteiger partial charge is 0.324 e. The highest BCUT2D eigenvalue weighted by atomic mass is 79.9. The first-order valence-electron chi connectivity index (χ1n) is 5.32. The molecule has 0 unspecified atom stereocenters. The molecule has 2 rings (SSSR count). The van der Waals surface area contributed by atoms with Gasteiger partial charge in [-0.2, -0.15) is 5.10 Å². The van der Waals surface area contributed by atoms with Gasteiger partial charge in [-0.15, -0.1) is 0 Å². The van der Waals surface area contributed by atoms with Crippen LogP contribution in [0, 0.1) is 0 Å². The minimum Gasteiger partial charge on any atom is -0.309 e. The van der Waals surface area contributed by atoms with Crippen LogP contribution in [0.5, 0.6) is 0 Å². The second-order valence-electron chi connectivity index (χ2n) is 3.89. The van der Waals surface area contributed by atoms with Crippen molar-refractivity contribution >= 4 is 27.9 Å². The van der Waals surface area contributed by atoms with Crippen LogP contribution in [-0.4, -0.2) is 33.2 Å². The molecule has 0 radical (unpaired) electrons. The zero-order chi connectivity index (χ0) is 12.6. The first kappa shape index (κ1) is 12.1. The minimum atomic E-state index is -0.346. The monoisotopic (exact) mass is 300 g/mol. The van der Waals surface area contributed by atoms with Crippen LogP contribution in [0.4, 0.5) is 4.79 Å². The van der Waals surface area contributed by atoms with Crippen LogP contribution in [0.2, 0.25) is 0 Å². The van der Waals surface area contributed by atoms with Crippen LogP contribution in [0.1, 0.15) is 18.3 Å². The van der Waals surface area contributed by atoms with Crippen molar-refractivity contribution in [3.8, 4) is 0 Å². The van der Waals surface area contributed by atoms with Crippen molar-refractivity contribution in [2.24, 2.45) is 7.05 Å². The molecule has 0 aliphatic carbocycles. The van der Waals surface area contributed by atoms with E-state index in [1.54, 1.807) is 4.68 Å². The van der Waals surface area contributed by atoms with Gasteiger partial charge in [-0.1, -0.05) is 6.92 Å². The number of aromatic nitrogens is 2. The van der Waals surface area contributed by atoms with Crippen molar-refractivity contribution < 1.29 is 9.59 Å². The first-order chi connectivity index (χ1) is 8.02. The fraction of sp³-hybridized carbons (Fsp3) is 0.500. The lowest BCUT2D eigenvalue weighted by Gasteiger charge is -2.13. The molecule has 0 spiro atoms. The number of nitrogens with one attached hydrogen (secondary N) is 1. The van der Waals surface area contributed by atoms with Crippen LogP contribution in [0.15, 0.2) is 4.47 Å². The molecule has 2 heterocycles. The predicted molar refractivity (Wildman–Crippen MR) is 64.2 cm³/mol. The van der Waals surface area contributed by atoms with E-state index in [1.807, 2.05) is 14.0 Å². The fourth-order valence-electron chi connectivity index (χ4n) is 1.78. The summed E-state index contributed by atoms with van der Waals surface area (Å²) in [6.07, 6.45) is 0.819. The van der Waals surface area contributed by atoms with Crippen molar-refractivity contribution in [3.05, 3.63) is 15.9 Å². The highest BCUT2D eigenvalue weighted by Crippen LogP contribution is 2.23. The molecule has 17 heavy (non-hydrogen) atoms. The van der Waals surface area contributed by atoms with Crippen molar-refractivity contribution in [1.82, 2.24) is 20.0 Å². The Morgan fingerprint density at radius 2 is 2.18 bits per heavy atom. The molecule has 7 heteroatoms. The van der Waals surface area contributed by atoms with Gasteiger partial charge < -0.3 is 4.90 Å².